The van der Waals surface area contributed by atoms with Gasteiger partial charge in [-0.05, 0) is 31.0 Å². The van der Waals surface area contributed by atoms with Crippen molar-refractivity contribution in [3.8, 4) is 0 Å². The van der Waals surface area contributed by atoms with E-state index in [0.29, 0.717) is 6.54 Å². The maximum Gasteiger partial charge on any atom is 0.0988 e. The molecule has 0 bridgehead atoms. The van der Waals surface area contributed by atoms with Gasteiger partial charge in [-0.15, -0.1) is 0 Å². The summed E-state index contributed by atoms with van der Waals surface area (Å²) in [6.45, 7) is 4.45. The summed E-state index contributed by atoms with van der Waals surface area (Å²) in [5.41, 5.74) is 3.05. The van der Waals surface area contributed by atoms with Crippen LogP contribution in [0, 0.1) is 13.8 Å². The average molecular weight is 216 g/mol. The minimum Gasteiger partial charge on any atom is -0.386 e. The molecule has 16 heavy (non-hydrogen) atoms. The Labute approximate surface area is 95.3 Å². The van der Waals surface area contributed by atoms with Crippen molar-refractivity contribution in [2.75, 3.05) is 0 Å². The van der Waals surface area contributed by atoms with Gasteiger partial charge in [0.1, 0.15) is 0 Å². The highest BCUT2D eigenvalue weighted by Gasteiger charge is 2.10. The first-order chi connectivity index (χ1) is 7.66. The fraction of sp³-hybridized carbons (Fsp3) is 0.308. The Kier molecular flexibility index (Phi) is 3.06. The molecule has 0 fully saturated rings. The van der Waals surface area contributed by atoms with Crippen molar-refractivity contribution in [1.82, 2.24) is 9.78 Å². The molecule has 0 saturated heterocycles. The minimum atomic E-state index is -0.500. The van der Waals surface area contributed by atoms with Crippen molar-refractivity contribution in [1.29, 1.82) is 0 Å². The molecule has 0 aliphatic carbocycles. The standard InChI is InChI=1S/C13H16N2O/c1-10-5-3-4-6-12(10)13(16)9-15-8-7-11(2)14-15/h3-8,13,16H,9H2,1-2H3. The van der Waals surface area contributed by atoms with E-state index in [-0.39, 0.29) is 0 Å². The maximum atomic E-state index is 10.1. The van der Waals surface area contributed by atoms with E-state index in [1.165, 1.54) is 0 Å². The summed E-state index contributed by atoms with van der Waals surface area (Å²) >= 11 is 0. The first-order valence-electron chi connectivity index (χ1n) is 5.40. The molecular weight excluding hydrogens is 200 g/mol. The Morgan fingerprint density at radius 3 is 2.62 bits per heavy atom. The number of aryl methyl sites for hydroxylation is 2. The molecule has 0 aliphatic heterocycles. The van der Waals surface area contributed by atoms with E-state index in [0.717, 1.165) is 16.8 Å². The summed E-state index contributed by atoms with van der Waals surface area (Å²) in [5, 5.41) is 14.4. The third-order valence-electron chi connectivity index (χ3n) is 2.68. The van der Waals surface area contributed by atoms with Crippen LogP contribution in [0.5, 0.6) is 0 Å². The van der Waals surface area contributed by atoms with Crippen LogP contribution < -0.4 is 0 Å². The van der Waals surface area contributed by atoms with Gasteiger partial charge in [0, 0.05) is 6.20 Å². The molecule has 1 aromatic carbocycles. The topological polar surface area (TPSA) is 38.0 Å². The van der Waals surface area contributed by atoms with Crippen molar-refractivity contribution in [2.24, 2.45) is 0 Å². The van der Waals surface area contributed by atoms with Crippen molar-refractivity contribution < 1.29 is 5.11 Å². The van der Waals surface area contributed by atoms with Gasteiger partial charge < -0.3 is 5.11 Å². The molecule has 1 N–H and O–H groups in total. The number of nitrogens with zero attached hydrogens (tertiary/aromatic N) is 2. The van der Waals surface area contributed by atoms with Crippen molar-refractivity contribution >= 4 is 0 Å². The van der Waals surface area contributed by atoms with E-state index in [1.54, 1.807) is 4.68 Å². The molecule has 0 amide bonds. The summed E-state index contributed by atoms with van der Waals surface area (Å²) in [5.74, 6) is 0. The number of aromatic nitrogens is 2. The number of hydrogen-bond donors (Lipinski definition) is 1. The minimum absolute atomic E-state index is 0.499. The Balaban J connectivity index is 2.14. The molecule has 0 saturated carbocycles. The second kappa shape index (κ2) is 4.49. The highest BCUT2D eigenvalue weighted by molar-refractivity contribution is 5.27. The molecule has 0 aliphatic rings. The fourth-order valence-electron chi connectivity index (χ4n) is 1.80. The second-order valence-electron chi connectivity index (χ2n) is 4.05. The van der Waals surface area contributed by atoms with Crippen LogP contribution in [-0.2, 0) is 6.54 Å². The van der Waals surface area contributed by atoms with Crippen LogP contribution in [0.3, 0.4) is 0 Å². The van der Waals surface area contributed by atoms with Crippen LogP contribution in [0.15, 0.2) is 36.5 Å². The fourth-order valence-corrected chi connectivity index (χ4v) is 1.80. The lowest BCUT2D eigenvalue weighted by Gasteiger charge is -2.13. The van der Waals surface area contributed by atoms with Gasteiger partial charge in [0.25, 0.3) is 0 Å². The number of aliphatic hydroxyl groups is 1. The van der Waals surface area contributed by atoms with E-state index >= 15 is 0 Å². The molecule has 0 spiro atoms. The third kappa shape index (κ3) is 2.31. The average Bonchev–Trinajstić information content (AvgIpc) is 2.64. The summed E-state index contributed by atoms with van der Waals surface area (Å²) in [6, 6.07) is 9.82. The second-order valence-corrected chi connectivity index (χ2v) is 4.05. The van der Waals surface area contributed by atoms with Gasteiger partial charge in [0.05, 0.1) is 18.3 Å². The summed E-state index contributed by atoms with van der Waals surface area (Å²) < 4.78 is 1.77. The van der Waals surface area contributed by atoms with Crippen LogP contribution in [0.2, 0.25) is 0 Å². The Hall–Kier alpha value is -1.61. The molecule has 3 nitrogen and oxygen atoms in total. The quantitative estimate of drug-likeness (QED) is 0.854. The van der Waals surface area contributed by atoms with Crippen molar-refractivity contribution in [3.05, 3.63) is 53.3 Å². The normalized spacial score (nSPS) is 12.7. The highest BCUT2D eigenvalue weighted by Crippen LogP contribution is 2.18. The zero-order valence-electron chi connectivity index (χ0n) is 9.59. The zero-order valence-corrected chi connectivity index (χ0v) is 9.59. The molecule has 3 heteroatoms. The predicted molar refractivity (Wildman–Crippen MR) is 63.1 cm³/mol. The van der Waals surface area contributed by atoms with Gasteiger partial charge in [-0.1, -0.05) is 24.3 Å². The Morgan fingerprint density at radius 1 is 1.25 bits per heavy atom. The first-order valence-corrected chi connectivity index (χ1v) is 5.40. The van der Waals surface area contributed by atoms with Crippen LogP contribution in [0.4, 0.5) is 0 Å². The van der Waals surface area contributed by atoms with E-state index < -0.39 is 6.10 Å². The smallest absolute Gasteiger partial charge is 0.0988 e. The summed E-state index contributed by atoms with van der Waals surface area (Å²) in [4.78, 5) is 0. The van der Waals surface area contributed by atoms with Crippen molar-refractivity contribution in [3.63, 3.8) is 0 Å². The Bertz CT molecular complexity index is 476. The highest BCUT2D eigenvalue weighted by atomic mass is 16.3. The molecular formula is C13H16N2O. The van der Waals surface area contributed by atoms with E-state index in [1.807, 2.05) is 50.4 Å². The van der Waals surface area contributed by atoms with Gasteiger partial charge in [-0.2, -0.15) is 5.10 Å². The van der Waals surface area contributed by atoms with E-state index in [4.69, 9.17) is 0 Å². The molecule has 1 aromatic heterocycles. The molecule has 1 atom stereocenters. The van der Waals surface area contributed by atoms with E-state index in [9.17, 15) is 5.11 Å². The SMILES string of the molecule is Cc1ccn(CC(O)c2ccccc2C)n1. The van der Waals surface area contributed by atoms with Crippen LogP contribution in [0.25, 0.3) is 0 Å². The largest absolute Gasteiger partial charge is 0.386 e. The predicted octanol–water partition coefficient (Wildman–Crippen LogP) is 2.23. The lowest BCUT2D eigenvalue weighted by Crippen LogP contribution is -2.10. The van der Waals surface area contributed by atoms with Crippen LogP contribution in [-0.4, -0.2) is 14.9 Å². The van der Waals surface area contributed by atoms with Crippen LogP contribution in [0.1, 0.15) is 22.9 Å². The number of hydrogen-bond acceptors (Lipinski definition) is 2. The maximum absolute atomic E-state index is 10.1. The molecule has 84 valence electrons. The lowest BCUT2D eigenvalue weighted by molar-refractivity contribution is 0.151. The van der Waals surface area contributed by atoms with Crippen LogP contribution >= 0.6 is 0 Å². The summed E-state index contributed by atoms with van der Waals surface area (Å²) in [7, 11) is 0. The third-order valence-corrected chi connectivity index (χ3v) is 2.68. The van der Waals surface area contributed by atoms with Crippen molar-refractivity contribution in [2.45, 2.75) is 26.5 Å². The molecule has 1 unspecified atom stereocenters. The van der Waals surface area contributed by atoms with Gasteiger partial charge in [0.2, 0.25) is 0 Å². The first kappa shape index (κ1) is 10.9. The van der Waals surface area contributed by atoms with E-state index in [2.05, 4.69) is 5.10 Å². The molecule has 0 radical (unpaired) electrons. The molecule has 1 heterocycles. The number of aliphatic hydroxyl groups excluding tert-OH is 1. The Morgan fingerprint density at radius 2 is 2.00 bits per heavy atom. The number of benzene rings is 1. The molecule has 2 rings (SSSR count). The van der Waals surface area contributed by atoms with Gasteiger partial charge in [0.15, 0.2) is 0 Å². The molecule has 2 aromatic rings. The van der Waals surface area contributed by atoms with Gasteiger partial charge in [-0.3, -0.25) is 4.68 Å². The summed E-state index contributed by atoms with van der Waals surface area (Å²) in [6.07, 6.45) is 1.39. The lowest BCUT2D eigenvalue weighted by atomic mass is 10.0. The monoisotopic (exact) mass is 216 g/mol. The van der Waals surface area contributed by atoms with Gasteiger partial charge >= 0.3 is 0 Å². The number of rotatable bonds is 3. The zero-order chi connectivity index (χ0) is 11.5. The van der Waals surface area contributed by atoms with Gasteiger partial charge in [-0.25, -0.2) is 0 Å².